The number of nitrogens with two attached hydrogens (primary N) is 1. The molecule has 1 aliphatic carbocycles. The lowest BCUT2D eigenvalue weighted by Crippen LogP contribution is -2.46. The number of carbonyl (C=O) groups is 3. The Hall–Kier alpha value is -3.64. The molecular weight excluding hydrogens is 474 g/mol. The van der Waals surface area contributed by atoms with Crippen LogP contribution in [0.1, 0.15) is 49.0 Å². The number of fused-ring (bicyclic) bond motifs is 1. The predicted molar refractivity (Wildman–Crippen MR) is 130 cm³/mol. The Morgan fingerprint density at radius 3 is 2.31 bits per heavy atom. The number of aliphatic hydroxyl groups is 1. The third-order valence-corrected chi connectivity index (χ3v) is 6.19. The molecule has 2 aromatic rings. The average molecular weight is 506 g/mol. The average Bonchev–Trinajstić information content (AvgIpc) is 3.63. The van der Waals surface area contributed by atoms with Crippen molar-refractivity contribution in [3.05, 3.63) is 34.1 Å². The van der Waals surface area contributed by atoms with Gasteiger partial charge in [0, 0.05) is 31.4 Å². The lowest BCUT2D eigenvalue weighted by molar-refractivity contribution is -0.152. The molecule has 0 amide bonds. The summed E-state index contributed by atoms with van der Waals surface area (Å²) in [6.45, 7) is 3.78. The Morgan fingerprint density at radius 2 is 1.83 bits per heavy atom. The van der Waals surface area contributed by atoms with E-state index in [2.05, 4.69) is 11.8 Å². The summed E-state index contributed by atoms with van der Waals surface area (Å²) in [5.41, 5.74) is 7.14. The van der Waals surface area contributed by atoms with Crippen LogP contribution in [0.5, 0.6) is 5.75 Å². The zero-order valence-electron chi connectivity index (χ0n) is 20.1. The van der Waals surface area contributed by atoms with Gasteiger partial charge in [-0.05, 0) is 37.3 Å². The number of rotatable bonds is 7. The number of pyridine rings is 1. The standard InChI is InChI=1S/C20H25N3O4.C4H6O5/c1-11-7-12(21)9-22(8-11)16-6-5-14-17(19(16)27-2)23(13-3-4-13)10-15(18(14)24)20(25)26;5-2(4(8)9)1-3(6)7/h5-6,10-13H,3-4,7-9,21H2,1-2H3,(H,25,26);2,5H,1H2,(H,6,7)(H,8,9)/t11-,12-;/m1./s1. The molecule has 12 heteroatoms. The highest BCUT2D eigenvalue weighted by Gasteiger charge is 2.31. The Kier molecular flexibility index (Phi) is 8.21. The van der Waals surface area contributed by atoms with Gasteiger partial charge in [-0.3, -0.25) is 9.59 Å². The minimum atomic E-state index is -1.79. The molecule has 1 saturated carbocycles. The number of carboxylic acid groups (broad SMARTS) is 3. The molecule has 1 saturated heterocycles. The summed E-state index contributed by atoms with van der Waals surface area (Å²) in [6, 6.07) is 3.88. The van der Waals surface area contributed by atoms with E-state index in [0.29, 0.717) is 22.6 Å². The quantitative estimate of drug-likeness (QED) is 0.362. The first-order valence-electron chi connectivity index (χ1n) is 11.6. The number of aromatic nitrogens is 1. The lowest BCUT2D eigenvalue weighted by Gasteiger charge is -2.37. The molecule has 0 bridgehead atoms. The van der Waals surface area contributed by atoms with E-state index in [1.807, 2.05) is 10.6 Å². The number of carboxylic acids is 3. The number of piperidine rings is 1. The zero-order valence-corrected chi connectivity index (χ0v) is 20.1. The molecule has 12 nitrogen and oxygen atoms in total. The first kappa shape index (κ1) is 27.0. The molecule has 196 valence electrons. The highest BCUT2D eigenvalue weighted by molar-refractivity contribution is 5.97. The number of methoxy groups -OCH3 is 1. The summed E-state index contributed by atoms with van der Waals surface area (Å²) in [6.07, 6.45) is 1.85. The number of aromatic carboxylic acids is 1. The molecule has 2 aliphatic rings. The second kappa shape index (κ2) is 11.0. The number of hydrogen-bond acceptors (Lipinski definition) is 8. The maximum atomic E-state index is 12.7. The van der Waals surface area contributed by atoms with E-state index in [-0.39, 0.29) is 17.6 Å². The summed E-state index contributed by atoms with van der Waals surface area (Å²) < 4.78 is 7.68. The summed E-state index contributed by atoms with van der Waals surface area (Å²) >= 11 is 0. The Labute approximate surface area is 206 Å². The van der Waals surface area contributed by atoms with Crippen LogP contribution in [-0.4, -0.2) is 75.2 Å². The van der Waals surface area contributed by atoms with Crippen molar-refractivity contribution < 1.29 is 39.5 Å². The largest absolute Gasteiger partial charge is 0.492 e. The molecule has 2 heterocycles. The normalized spacial score (nSPS) is 20.3. The maximum absolute atomic E-state index is 12.7. The summed E-state index contributed by atoms with van der Waals surface area (Å²) in [7, 11) is 1.60. The first-order valence-corrected chi connectivity index (χ1v) is 11.6. The third kappa shape index (κ3) is 5.94. The van der Waals surface area contributed by atoms with Gasteiger partial charge >= 0.3 is 17.9 Å². The van der Waals surface area contributed by atoms with E-state index in [9.17, 15) is 24.3 Å². The lowest BCUT2D eigenvalue weighted by atomic mass is 9.95. The van der Waals surface area contributed by atoms with E-state index in [1.54, 1.807) is 13.2 Å². The minimum absolute atomic E-state index is 0.0918. The molecule has 2 fully saturated rings. The van der Waals surface area contributed by atoms with Crippen molar-refractivity contribution in [1.82, 2.24) is 4.57 Å². The van der Waals surface area contributed by atoms with Crippen LogP contribution in [0.2, 0.25) is 0 Å². The van der Waals surface area contributed by atoms with Gasteiger partial charge < -0.3 is 40.4 Å². The monoisotopic (exact) mass is 505 g/mol. The molecule has 1 aromatic heterocycles. The van der Waals surface area contributed by atoms with Gasteiger partial charge in [0.2, 0.25) is 5.43 Å². The van der Waals surface area contributed by atoms with Gasteiger partial charge in [-0.2, -0.15) is 0 Å². The first-order chi connectivity index (χ1) is 16.9. The predicted octanol–water partition coefficient (Wildman–Crippen LogP) is 1.12. The van der Waals surface area contributed by atoms with Gasteiger partial charge in [0.1, 0.15) is 5.56 Å². The van der Waals surface area contributed by atoms with Crippen LogP contribution < -0.4 is 20.8 Å². The second-order valence-electron chi connectivity index (χ2n) is 9.29. The number of anilines is 1. The van der Waals surface area contributed by atoms with E-state index >= 15 is 0 Å². The number of aliphatic carboxylic acids is 2. The highest BCUT2D eigenvalue weighted by Crippen LogP contribution is 2.43. The minimum Gasteiger partial charge on any atom is -0.492 e. The molecular formula is C24H31N3O9. The fraction of sp³-hybridized carbons (Fsp3) is 0.500. The molecule has 4 rings (SSSR count). The van der Waals surface area contributed by atoms with Crippen LogP contribution in [0, 0.1) is 5.92 Å². The van der Waals surface area contributed by atoms with Gasteiger partial charge in [0.25, 0.3) is 0 Å². The molecule has 6 N–H and O–H groups in total. The van der Waals surface area contributed by atoms with Crippen molar-refractivity contribution in [1.29, 1.82) is 0 Å². The van der Waals surface area contributed by atoms with Gasteiger partial charge in [0.15, 0.2) is 11.9 Å². The van der Waals surface area contributed by atoms with Gasteiger partial charge in [0.05, 0.1) is 30.1 Å². The molecule has 1 unspecified atom stereocenters. The number of hydrogen-bond donors (Lipinski definition) is 5. The molecule has 36 heavy (non-hydrogen) atoms. The van der Waals surface area contributed by atoms with E-state index in [0.717, 1.165) is 38.0 Å². The fourth-order valence-electron chi connectivity index (χ4n) is 4.50. The van der Waals surface area contributed by atoms with Gasteiger partial charge in [-0.25, -0.2) is 9.59 Å². The van der Waals surface area contributed by atoms with Crippen molar-refractivity contribution in [2.45, 2.75) is 50.8 Å². The number of benzene rings is 1. The fourth-order valence-corrected chi connectivity index (χ4v) is 4.50. The summed E-state index contributed by atoms with van der Waals surface area (Å²) in [4.78, 5) is 45.9. The van der Waals surface area contributed by atoms with E-state index < -0.39 is 35.9 Å². The van der Waals surface area contributed by atoms with Gasteiger partial charge in [-0.1, -0.05) is 6.92 Å². The molecule has 3 atom stereocenters. The summed E-state index contributed by atoms with van der Waals surface area (Å²) in [5, 5.41) is 34.0. The Morgan fingerprint density at radius 1 is 1.17 bits per heavy atom. The van der Waals surface area contributed by atoms with Crippen LogP contribution >= 0.6 is 0 Å². The Bertz CT molecular complexity index is 1210. The van der Waals surface area contributed by atoms with Crippen LogP contribution in [-0.2, 0) is 9.59 Å². The Balaban J connectivity index is 0.000000345. The zero-order chi connectivity index (χ0) is 26.7. The third-order valence-electron chi connectivity index (χ3n) is 6.19. The molecule has 1 aromatic carbocycles. The van der Waals surface area contributed by atoms with Crippen LogP contribution in [0.4, 0.5) is 5.69 Å². The van der Waals surface area contributed by atoms with Crippen molar-refractivity contribution in [3.63, 3.8) is 0 Å². The smallest absolute Gasteiger partial charge is 0.341 e. The summed E-state index contributed by atoms with van der Waals surface area (Å²) in [5.74, 6) is -2.96. The topological polar surface area (TPSA) is 193 Å². The highest BCUT2D eigenvalue weighted by atomic mass is 16.5. The second-order valence-corrected chi connectivity index (χ2v) is 9.29. The molecule has 0 spiro atoms. The van der Waals surface area contributed by atoms with E-state index in [1.165, 1.54) is 6.20 Å². The maximum Gasteiger partial charge on any atom is 0.341 e. The van der Waals surface area contributed by atoms with Crippen molar-refractivity contribution in [2.24, 2.45) is 11.7 Å². The van der Waals surface area contributed by atoms with Crippen molar-refractivity contribution >= 4 is 34.5 Å². The van der Waals surface area contributed by atoms with Crippen LogP contribution in [0.3, 0.4) is 0 Å². The SMILES string of the molecule is COc1c(N2C[C@H](C)C[C@@H](N)C2)ccc2c(=O)c(C(=O)O)cn(C3CC3)c12.O=C(O)CC(O)C(=O)O. The molecule has 0 radical (unpaired) electrons. The number of ether oxygens (including phenoxy) is 1. The van der Waals surface area contributed by atoms with Crippen LogP contribution in [0.15, 0.2) is 23.1 Å². The number of aliphatic hydroxyl groups excluding tert-OH is 1. The van der Waals surface area contributed by atoms with Gasteiger partial charge in [-0.15, -0.1) is 0 Å². The van der Waals surface area contributed by atoms with E-state index in [4.69, 9.17) is 25.8 Å². The van der Waals surface area contributed by atoms with Crippen molar-refractivity contribution in [3.8, 4) is 5.75 Å². The van der Waals surface area contributed by atoms with Crippen molar-refractivity contribution in [2.75, 3.05) is 25.1 Å². The molecule has 1 aliphatic heterocycles. The number of nitrogens with zero attached hydrogens (tertiary/aromatic N) is 2. The van der Waals surface area contributed by atoms with Crippen LogP contribution in [0.25, 0.3) is 10.9 Å².